The lowest BCUT2D eigenvalue weighted by atomic mass is 10.2. The summed E-state index contributed by atoms with van der Waals surface area (Å²) in [5.41, 5.74) is 1.17. The number of halogens is 3. The van der Waals surface area contributed by atoms with Crippen molar-refractivity contribution in [3.8, 4) is 5.75 Å². The molecule has 3 aromatic rings. The van der Waals surface area contributed by atoms with Crippen LogP contribution in [0.2, 0.25) is 0 Å². The first-order chi connectivity index (χ1) is 15.7. The van der Waals surface area contributed by atoms with Gasteiger partial charge in [0, 0.05) is 26.2 Å². The van der Waals surface area contributed by atoms with Crippen LogP contribution in [-0.4, -0.2) is 65.6 Å². The third-order valence-electron chi connectivity index (χ3n) is 5.31. The number of carbonyl (C=O) groups is 1. The van der Waals surface area contributed by atoms with Crippen LogP contribution in [0.4, 0.5) is 24.9 Å². The van der Waals surface area contributed by atoms with Gasteiger partial charge in [0.15, 0.2) is 6.61 Å². The number of hydrogen-bond donors (Lipinski definition) is 1. The van der Waals surface area contributed by atoms with Gasteiger partial charge in [-0.25, -0.2) is 15.0 Å². The van der Waals surface area contributed by atoms with Crippen molar-refractivity contribution in [3.05, 3.63) is 47.7 Å². The van der Waals surface area contributed by atoms with Gasteiger partial charge in [-0.05, 0) is 50.4 Å². The maximum Gasteiger partial charge on any atom is 0.416 e. The predicted molar refractivity (Wildman–Crippen MR) is 117 cm³/mol. The van der Waals surface area contributed by atoms with E-state index in [1.54, 1.807) is 12.1 Å². The average Bonchev–Trinajstić information content (AvgIpc) is 2.78. The van der Waals surface area contributed by atoms with E-state index >= 15 is 0 Å². The molecule has 0 spiro atoms. The van der Waals surface area contributed by atoms with E-state index in [4.69, 9.17) is 4.74 Å². The average molecular weight is 460 g/mol. The molecule has 1 aliphatic heterocycles. The van der Waals surface area contributed by atoms with Gasteiger partial charge in [0.25, 0.3) is 5.91 Å². The second-order valence-corrected chi connectivity index (χ2v) is 7.82. The molecule has 0 saturated carbocycles. The first-order valence-corrected chi connectivity index (χ1v) is 10.4. The van der Waals surface area contributed by atoms with Crippen molar-refractivity contribution in [3.63, 3.8) is 0 Å². The SMILES string of the molecule is Cc1nc(N2CCN(C)CC2)nc2ccc(NC(=O)COc3ccc(C(F)(F)F)cc3)nc12. The Morgan fingerprint density at radius 1 is 1.03 bits per heavy atom. The Labute approximate surface area is 188 Å². The number of likely N-dealkylation sites (N-methyl/N-ethyl adjacent to an activating group) is 1. The standard InChI is InChI=1S/C22H23F3N6O2/c1-14-20-17(27-21(26-14)31-11-9-30(2)10-12-31)7-8-18(29-20)28-19(32)13-33-16-5-3-15(4-6-16)22(23,24)25/h3-8H,9-13H2,1-2H3,(H,28,29,32). The molecule has 0 unspecified atom stereocenters. The summed E-state index contributed by atoms with van der Waals surface area (Å²) in [5.74, 6) is 0.638. The van der Waals surface area contributed by atoms with Crippen LogP contribution < -0.4 is 15.0 Å². The molecule has 1 saturated heterocycles. The second-order valence-electron chi connectivity index (χ2n) is 7.82. The quantitative estimate of drug-likeness (QED) is 0.626. The van der Waals surface area contributed by atoms with Gasteiger partial charge in [0.2, 0.25) is 5.95 Å². The molecule has 1 N–H and O–H groups in total. The van der Waals surface area contributed by atoms with Crippen molar-refractivity contribution >= 4 is 28.7 Å². The number of carbonyl (C=O) groups excluding carboxylic acids is 1. The molecule has 11 heteroatoms. The molecule has 8 nitrogen and oxygen atoms in total. The third-order valence-corrected chi connectivity index (χ3v) is 5.31. The van der Waals surface area contributed by atoms with Gasteiger partial charge < -0.3 is 19.9 Å². The molecule has 0 bridgehead atoms. The number of piperazine rings is 1. The highest BCUT2D eigenvalue weighted by molar-refractivity contribution is 5.92. The molecule has 1 fully saturated rings. The maximum absolute atomic E-state index is 12.6. The molecular formula is C22H23F3N6O2. The molecule has 33 heavy (non-hydrogen) atoms. The highest BCUT2D eigenvalue weighted by Crippen LogP contribution is 2.30. The molecule has 0 radical (unpaired) electrons. The zero-order valence-corrected chi connectivity index (χ0v) is 18.2. The number of aryl methyl sites for hydroxylation is 1. The Hall–Kier alpha value is -3.47. The summed E-state index contributed by atoms with van der Waals surface area (Å²) in [4.78, 5) is 30.3. The van der Waals surface area contributed by atoms with Crippen molar-refractivity contribution < 1.29 is 22.7 Å². The van der Waals surface area contributed by atoms with E-state index in [0.717, 1.165) is 38.3 Å². The predicted octanol–water partition coefficient (Wildman–Crippen LogP) is 3.12. The number of alkyl halides is 3. The molecule has 2 aromatic heterocycles. The number of pyridine rings is 1. The van der Waals surface area contributed by atoms with Crippen LogP contribution in [0, 0.1) is 6.92 Å². The van der Waals surface area contributed by atoms with Gasteiger partial charge in [-0.1, -0.05) is 0 Å². The number of fused-ring (bicyclic) bond motifs is 1. The maximum atomic E-state index is 12.6. The molecule has 3 heterocycles. The highest BCUT2D eigenvalue weighted by atomic mass is 19.4. The number of ether oxygens (including phenoxy) is 1. The lowest BCUT2D eigenvalue weighted by Crippen LogP contribution is -2.45. The van der Waals surface area contributed by atoms with E-state index in [1.165, 1.54) is 12.1 Å². The van der Waals surface area contributed by atoms with Gasteiger partial charge in [-0.2, -0.15) is 13.2 Å². The lowest BCUT2D eigenvalue weighted by Gasteiger charge is -2.32. The minimum atomic E-state index is -4.43. The molecule has 1 aromatic carbocycles. The van der Waals surface area contributed by atoms with E-state index in [1.807, 2.05) is 6.92 Å². The Kier molecular flexibility index (Phi) is 6.32. The van der Waals surface area contributed by atoms with Crippen molar-refractivity contribution in [2.75, 3.05) is 50.1 Å². The fourth-order valence-electron chi connectivity index (χ4n) is 3.43. The summed E-state index contributed by atoms with van der Waals surface area (Å²) in [7, 11) is 2.08. The molecular weight excluding hydrogens is 437 g/mol. The highest BCUT2D eigenvalue weighted by Gasteiger charge is 2.30. The fourth-order valence-corrected chi connectivity index (χ4v) is 3.43. The van der Waals surface area contributed by atoms with Gasteiger partial charge in [-0.15, -0.1) is 0 Å². The van der Waals surface area contributed by atoms with Crippen LogP contribution >= 0.6 is 0 Å². The van der Waals surface area contributed by atoms with Crippen molar-refractivity contribution in [2.45, 2.75) is 13.1 Å². The monoisotopic (exact) mass is 460 g/mol. The van der Waals surface area contributed by atoms with Crippen LogP contribution in [-0.2, 0) is 11.0 Å². The third kappa shape index (κ3) is 5.48. The summed E-state index contributed by atoms with van der Waals surface area (Å²) in [6, 6.07) is 7.54. The molecule has 174 valence electrons. The van der Waals surface area contributed by atoms with E-state index in [2.05, 4.69) is 37.1 Å². The van der Waals surface area contributed by atoms with Crippen LogP contribution in [0.25, 0.3) is 11.0 Å². The molecule has 0 atom stereocenters. The normalized spacial score (nSPS) is 15.0. The van der Waals surface area contributed by atoms with E-state index in [-0.39, 0.29) is 12.4 Å². The minimum Gasteiger partial charge on any atom is -0.484 e. The smallest absolute Gasteiger partial charge is 0.416 e. The van der Waals surface area contributed by atoms with E-state index in [9.17, 15) is 18.0 Å². The Balaban J connectivity index is 1.39. The molecule has 1 aliphatic rings. The van der Waals surface area contributed by atoms with Crippen LogP contribution in [0.1, 0.15) is 11.3 Å². The Morgan fingerprint density at radius 3 is 2.39 bits per heavy atom. The fraction of sp³-hybridized carbons (Fsp3) is 0.364. The van der Waals surface area contributed by atoms with Crippen LogP contribution in [0.15, 0.2) is 36.4 Å². The van der Waals surface area contributed by atoms with Gasteiger partial charge in [-0.3, -0.25) is 4.79 Å². The summed E-state index contributed by atoms with van der Waals surface area (Å²) < 4.78 is 43.1. The topological polar surface area (TPSA) is 83.5 Å². The number of benzene rings is 1. The summed E-state index contributed by atoms with van der Waals surface area (Å²) >= 11 is 0. The summed E-state index contributed by atoms with van der Waals surface area (Å²) in [5, 5.41) is 2.62. The van der Waals surface area contributed by atoms with Crippen molar-refractivity contribution in [2.24, 2.45) is 0 Å². The number of amides is 1. The number of rotatable bonds is 5. The molecule has 0 aliphatic carbocycles. The Bertz CT molecular complexity index is 1150. The van der Waals surface area contributed by atoms with Gasteiger partial charge in [0.05, 0.1) is 16.8 Å². The van der Waals surface area contributed by atoms with Gasteiger partial charge in [0.1, 0.15) is 17.1 Å². The van der Waals surface area contributed by atoms with E-state index in [0.29, 0.717) is 28.5 Å². The first kappa shape index (κ1) is 22.7. The van der Waals surface area contributed by atoms with Crippen LogP contribution in [0.5, 0.6) is 5.75 Å². The minimum absolute atomic E-state index is 0.158. The van der Waals surface area contributed by atoms with Crippen molar-refractivity contribution in [1.29, 1.82) is 0 Å². The second kappa shape index (κ2) is 9.18. The number of aromatic nitrogens is 3. The number of hydrogen-bond acceptors (Lipinski definition) is 7. The summed E-state index contributed by atoms with van der Waals surface area (Å²) in [6.45, 7) is 5.05. The Morgan fingerprint density at radius 2 is 1.73 bits per heavy atom. The summed E-state index contributed by atoms with van der Waals surface area (Å²) in [6.07, 6.45) is -4.43. The molecule has 4 rings (SSSR count). The van der Waals surface area contributed by atoms with Crippen molar-refractivity contribution in [1.82, 2.24) is 19.9 Å². The van der Waals surface area contributed by atoms with Gasteiger partial charge >= 0.3 is 6.18 Å². The number of nitrogens with one attached hydrogen (secondary N) is 1. The zero-order chi connectivity index (χ0) is 23.6. The lowest BCUT2D eigenvalue weighted by molar-refractivity contribution is -0.137. The zero-order valence-electron chi connectivity index (χ0n) is 18.2. The number of nitrogens with zero attached hydrogens (tertiary/aromatic N) is 5. The number of anilines is 2. The molecule has 1 amide bonds. The first-order valence-electron chi connectivity index (χ1n) is 10.4. The van der Waals surface area contributed by atoms with E-state index < -0.39 is 17.6 Å². The largest absolute Gasteiger partial charge is 0.484 e. The van der Waals surface area contributed by atoms with Crippen LogP contribution in [0.3, 0.4) is 0 Å².